The van der Waals surface area contributed by atoms with Gasteiger partial charge in [0.2, 0.25) is 5.91 Å². The fraction of sp³-hybridized carbons (Fsp3) is 0.556. The molecule has 1 heterocycles. The molecule has 0 spiro atoms. The lowest BCUT2D eigenvalue weighted by Gasteiger charge is -2.16. The van der Waals surface area contributed by atoms with Gasteiger partial charge < -0.3 is 16.0 Å². The standard InChI is InChI=1S/C18H25N3O2S.ClH/c19-15(13-7-8-13)11-20-18(23)14-5-1-2-6-16(14)24-12-17(22)21-9-3-4-10-21;/h1-2,5-6,13,15H,3-4,7-12,19H2,(H,20,23);1H. The first-order valence-corrected chi connectivity index (χ1v) is 9.67. The van der Waals surface area contributed by atoms with Gasteiger partial charge in [0.05, 0.1) is 11.3 Å². The molecule has 2 aliphatic rings. The molecule has 5 nitrogen and oxygen atoms in total. The molecule has 0 radical (unpaired) electrons. The molecular formula is C18H26ClN3O2S. The predicted octanol–water partition coefficient (Wildman–Crippen LogP) is 2.29. The highest BCUT2D eigenvalue weighted by Crippen LogP contribution is 2.31. The third kappa shape index (κ3) is 5.62. The van der Waals surface area contributed by atoms with Crippen LogP contribution in [0.5, 0.6) is 0 Å². The van der Waals surface area contributed by atoms with E-state index in [0.717, 1.165) is 30.8 Å². The van der Waals surface area contributed by atoms with Crippen LogP contribution in [0.25, 0.3) is 0 Å². The normalized spacial score (nSPS) is 17.7. The van der Waals surface area contributed by atoms with Crippen LogP contribution in [0.2, 0.25) is 0 Å². The largest absolute Gasteiger partial charge is 0.350 e. The van der Waals surface area contributed by atoms with Crippen LogP contribution < -0.4 is 11.1 Å². The number of carbonyl (C=O) groups is 2. The number of nitrogens with zero attached hydrogens (tertiary/aromatic N) is 1. The molecule has 1 unspecified atom stereocenters. The molecule has 1 aromatic carbocycles. The number of carbonyl (C=O) groups excluding carboxylic acids is 2. The van der Waals surface area contributed by atoms with Crippen molar-refractivity contribution in [2.75, 3.05) is 25.4 Å². The number of rotatable bonds is 7. The van der Waals surface area contributed by atoms with Gasteiger partial charge in [0.25, 0.3) is 5.91 Å². The zero-order valence-electron chi connectivity index (χ0n) is 14.3. The van der Waals surface area contributed by atoms with E-state index in [2.05, 4.69) is 5.32 Å². The zero-order chi connectivity index (χ0) is 16.9. The molecule has 1 aromatic rings. The van der Waals surface area contributed by atoms with Gasteiger partial charge in [-0.15, -0.1) is 24.2 Å². The molecule has 1 atom stereocenters. The Kier molecular flexibility index (Phi) is 7.59. The van der Waals surface area contributed by atoms with Crippen LogP contribution in [-0.2, 0) is 4.79 Å². The number of hydrogen-bond acceptors (Lipinski definition) is 4. The molecular weight excluding hydrogens is 358 g/mol. The lowest BCUT2D eigenvalue weighted by molar-refractivity contribution is -0.127. The van der Waals surface area contributed by atoms with Gasteiger partial charge in [-0.2, -0.15) is 0 Å². The van der Waals surface area contributed by atoms with Gasteiger partial charge in [-0.05, 0) is 43.7 Å². The molecule has 3 rings (SSSR count). The Balaban J connectivity index is 0.00000225. The van der Waals surface area contributed by atoms with Gasteiger partial charge in [0.15, 0.2) is 0 Å². The Morgan fingerprint density at radius 2 is 1.92 bits per heavy atom. The Labute approximate surface area is 159 Å². The minimum Gasteiger partial charge on any atom is -0.350 e. The third-order valence-corrected chi connectivity index (χ3v) is 5.73. The second kappa shape index (κ2) is 9.46. The first kappa shape index (κ1) is 20.1. The summed E-state index contributed by atoms with van der Waals surface area (Å²) >= 11 is 1.44. The van der Waals surface area contributed by atoms with Crippen molar-refractivity contribution in [1.29, 1.82) is 0 Å². The number of nitrogens with two attached hydrogens (primary N) is 1. The molecule has 1 saturated heterocycles. The number of amides is 2. The fourth-order valence-corrected chi connectivity index (χ4v) is 3.93. The maximum Gasteiger partial charge on any atom is 0.252 e. The number of halogens is 1. The Bertz CT molecular complexity index is 604. The van der Waals surface area contributed by atoms with Crippen LogP contribution in [0.1, 0.15) is 36.0 Å². The molecule has 1 aliphatic carbocycles. The molecule has 3 N–H and O–H groups in total. The molecule has 0 aromatic heterocycles. The van der Waals surface area contributed by atoms with E-state index >= 15 is 0 Å². The Hall–Kier alpha value is -1.24. The Morgan fingerprint density at radius 3 is 2.60 bits per heavy atom. The highest BCUT2D eigenvalue weighted by atomic mass is 35.5. The van der Waals surface area contributed by atoms with Crippen molar-refractivity contribution >= 4 is 36.0 Å². The number of thioether (sulfide) groups is 1. The quantitative estimate of drug-likeness (QED) is 0.708. The van der Waals surface area contributed by atoms with E-state index in [-0.39, 0.29) is 30.3 Å². The highest BCUT2D eigenvalue weighted by molar-refractivity contribution is 8.00. The fourth-order valence-electron chi connectivity index (χ4n) is 2.97. The number of hydrogen-bond donors (Lipinski definition) is 2. The van der Waals surface area contributed by atoms with Crippen LogP contribution in [0.3, 0.4) is 0 Å². The molecule has 138 valence electrons. The van der Waals surface area contributed by atoms with Crippen molar-refractivity contribution in [1.82, 2.24) is 10.2 Å². The molecule has 2 amide bonds. The van der Waals surface area contributed by atoms with E-state index in [1.165, 1.54) is 24.6 Å². The lowest BCUT2D eigenvalue weighted by Crippen LogP contribution is -2.38. The highest BCUT2D eigenvalue weighted by Gasteiger charge is 2.28. The van der Waals surface area contributed by atoms with Crippen molar-refractivity contribution < 1.29 is 9.59 Å². The molecule has 2 fully saturated rings. The number of nitrogens with one attached hydrogen (secondary N) is 1. The molecule has 7 heteroatoms. The molecule has 0 bridgehead atoms. The maximum atomic E-state index is 12.4. The summed E-state index contributed by atoms with van der Waals surface area (Å²) in [5.41, 5.74) is 6.67. The monoisotopic (exact) mass is 383 g/mol. The summed E-state index contributed by atoms with van der Waals surface area (Å²) in [4.78, 5) is 27.4. The first-order chi connectivity index (χ1) is 11.6. The third-order valence-electron chi connectivity index (χ3n) is 4.67. The second-order valence-electron chi connectivity index (χ2n) is 6.58. The van der Waals surface area contributed by atoms with Crippen molar-refractivity contribution in [2.24, 2.45) is 11.7 Å². The summed E-state index contributed by atoms with van der Waals surface area (Å²) in [6.45, 7) is 2.23. The Morgan fingerprint density at radius 1 is 1.24 bits per heavy atom. The minimum atomic E-state index is -0.108. The van der Waals surface area contributed by atoms with Gasteiger partial charge in [-0.25, -0.2) is 0 Å². The van der Waals surface area contributed by atoms with Gasteiger partial charge in [0, 0.05) is 30.6 Å². The van der Waals surface area contributed by atoms with Gasteiger partial charge >= 0.3 is 0 Å². The minimum absolute atomic E-state index is 0. The zero-order valence-corrected chi connectivity index (χ0v) is 15.9. The van der Waals surface area contributed by atoms with Crippen molar-refractivity contribution in [3.05, 3.63) is 29.8 Å². The van der Waals surface area contributed by atoms with Crippen LogP contribution in [0.15, 0.2) is 29.2 Å². The van der Waals surface area contributed by atoms with Gasteiger partial charge in [-0.3, -0.25) is 9.59 Å². The summed E-state index contributed by atoms with van der Waals surface area (Å²) in [5, 5.41) is 2.93. The second-order valence-corrected chi connectivity index (χ2v) is 7.60. The first-order valence-electron chi connectivity index (χ1n) is 8.68. The smallest absolute Gasteiger partial charge is 0.252 e. The maximum absolute atomic E-state index is 12.4. The molecule has 1 aliphatic heterocycles. The summed E-state index contributed by atoms with van der Waals surface area (Å²) in [6.07, 6.45) is 4.53. The van der Waals surface area contributed by atoms with E-state index in [9.17, 15) is 9.59 Å². The van der Waals surface area contributed by atoms with Crippen LogP contribution >= 0.6 is 24.2 Å². The van der Waals surface area contributed by atoms with E-state index in [4.69, 9.17) is 5.73 Å². The summed E-state index contributed by atoms with van der Waals surface area (Å²) in [7, 11) is 0. The average Bonchev–Trinajstić information content (AvgIpc) is 3.31. The average molecular weight is 384 g/mol. The van der Waals surface area contributed by atoms with Crippen LogP contribution in [-0.4, -0.2) is 48.1 Å². The van der Waals surface area contributed by atoms with Crippen LogP contribution in [0, 0.1) is 5.92 Å². The van der Waals surface area contributed by atoms with Gasteiger partial charge in [0.1, 0.15) is 0 Å². The van der Waals surface area contributed by atoms with Crippen molar-refractivity contribution in [3.63, 3.8) is 0 Å². The van der Waals surface area contributed by atoms with Crippen molar-refractivity contribution in [2.45, 2.75) is 36.6 Å². The SMILES string of the molecule is Cl.NC(CNC(=O)c1ccccc1SCC(=O)N1CCCC1)C1CC1. The predicted molar refractivity (Wildman–Crippen MR) is 103 cm³/mol. The molecule has 1 saturated carbocycles. The van der Waals surface area contributed by atoms with E-state index < -0.39 is 0 Å². The topological polar surface area (TPSA) is 75.4 Å². The van der Waals surface area contributed by atoms with E-state index in [1.54, 1.807) is 6.07 Å². The lowest BCUT2D eigenvalue weighted by atomic mass is 10.2. The summed E-state index contributed by atoms with van der Waals surface area (Å²) < 4.78 is 0. The van der Waals surface area contributed by atoms with E-state index in [0.29, 0.717) is 23.8 Å². The number of benzene rings is 1. The summed E-state index contributed by atoms with van der Waals surface area (Å²) in [5.74, 6) is 0.991. The van der Waals surface area contributed by atoms with Crippen molar-refractivity contribution in [3.8, 4) is 0 Å². The number of likely N-dealkylation sites (tertiary alicyclic amines) is 1. The van der Waals surface area contributed by atoms with E-state index in [1.807, 2.05) is 23.1 Å². The summed E-state index contributed by atoms with van der Waals surface area (Å²) in [6, 6.07) is 7.50. The van der Waals surface area contributed by atoms with Crippen LogP contribution in [0.4, 0.5) is 0 Å². The molecule has 25 heavy (non-hydrogen) atoms. The van der Waals surface area contributed by atoms with Gasteiger partial charge in [-0.1, -0.05) is 12.1 Å².